The van der Waals surface area contributed by atoms with Crippen LogP contribution in [0.1, 0.15) is 39.7 Å². The van der Waals surface area contributed by atoms with Crippen LogP contribution in [0.3, 0.4) is 0 Å². The second-order valence-corrected chi connectivity index (χ2v) is 7.41. The first-order valence-electron chi connectivity index (χ1n) is 7.65. The van der Waals surface area contributed by atoms with Crippen molar-refractivity contribution < 1.29 is 5.11 Å². The first-order valence-corrected chi connectivity index (χ1v) is 7.65. The Morgan fingerprint density at radius 1 is 1.10 bits per heavy atom. The molecule has 0 bridgehead atoms. The van der Waals surface area contributed by atoms with Gasteiger partial charge in [0, 0.05) is 18.3 Å². The fraction of sp³-hybridized carbons (Fsp3) is 0.556. The molecule has 3 nitrogen and oxygen atoms in total. The van der Waals surface area contributed by atoms with Crippen LogP contribution in [0.5, 0.6) is 0 Å². The topological polar surface area (TPSA) is 72.3 Å². The number of hydrogen-bond donors (Lipinski definition) is 3. The maximum Gasteiger partial charge on any atom is 0.0437 e. The summed E-state index contributed by atoms with van der Waals surface area (Å²) in [4.78, 5) is 0. The van der Waals surface area contributed by atoms with Crippen LogP contribution >= 0.6 is 0 Å². The highest BCUT2D eigenvalue weighted by atomic mass is 16.3. The third kappa shape index (κ3) is 2.85. The molecule has 0 aromatic heterocycles. The van der Waals surface area contributed by atoms with E-state index in [0.29, 0.717) is 0 Å². The van der Waals surface area contributed by atoms with Gasteiger partial charge in [0.1, 0.15) is 0 Å². The molecule has 0 spiro atoms. The molecule has 3 heteroatoms. The summed E-state index contributed by atoms with van der Waals surface area (Å²) < 4.78 is 0. The zero-order valence-corrected chi connectivity index (χ0v) is 13.6. The summed E-state index contributed by atoms with van der Waals surface area (Å²) in [6, 6.07) is 8.05. The van der Waals surface area contributed by atoms with Gasteiger partial charge in [0.25, 0.3) is 0 Å². The van der Waals surface area contributed by atoms with Crippen LogP contribution in [-0.2, 0) is 0 Å². The number of benzene rings is 1. The molecule has 0 amide bonds. The summed E-state index contributed by atoms with van der Waals surface area (Å²) in [5, 5.41) is 9.49. The minimum Gasteiger partial charge on any atom is -0.399 e. The quantitative estimate of drug-likeness (QED) is 0.749. The number of hydrogen-bond acceptors (Lipinski definition) is 3. The maximum atomic E-state index is 9.49. The van der Waals surface area contributed by atoms with Crippen molar-refractivity contribution in [3.63, 3.8) is 0 Å². The van der Waals surface area contributed by atoms with E-state index < -0.39 is 0 Å². The van der Waals surface area contributed by atoms with Gasteiger partial charge in [-0.05, 0) is 46.4 Å². The Hall–Kier alpha value is -1.32. The molecule has 1 aliphatic carbocycles. The number of rotatable bonds is 3. The van der Waals surface area contributed by atoms with Crippen molar-refractivity contribution in [3.05, 3.63) is 35.9 Å². The summed E-state index contributed by atoms with van der Waals surface area (Å²) in [5.41, 5.74) is 15.4. The smallest absolute Gasteiger partial charge is 0.0437 e. The third-order valence-corrected chi connectivity index (χ3v) is 5.07. The van der Waals surface area contributed by atoms with Gasteiger partial charge in [0.05, 0.1) is 0 Å². The predicted molar refractivity (Wildman–Crippen MR) is 89.6 cm³/mol. The standard InChI is InChI=1S/C18H28N2O/c1-17(2)11-14(12-5-7-13(19)8-6-12)15(9-10-21)18(3,4)16(17)20/h5-8,11,15-16,21H,9-10,19-20H2,1-4H3. The van der Waals surface area contributed by atoms with Crippen LogP contribution in [0, 0.1) is 16.7 Å². The third-order valence-electron chi connectivity index (χ3n) is 5.07. The van der Waals surface area contributed by atoms with E-state index in [-0.39, 0.29) is 29.4 Å². The van der Waals surface area contributed by atoms with Crippen molar-refractivity contribution in [3.8, 4) is 0 Å². The molecule has 0 saturated heterocycles. The first kappa shape index (κ1) is 16.1. The van der Waals surface area contributed by atoms with Gasteiger partial charge in [-0.1, -0.05) is 45.9 Å². The van der Waals surface area contributed by atoms with Gasteiger partial charge in [-0.2, -0.15) is 0 Å². The lowest BCUT2D eigenvalue weighted by molar-refractivity contribution is 0.103. The van der Waals surface area contributed by atoms with Crippen LogP contribution < -0.4 is 11.5 Å². The van der Waals surface area contributed by atoms with Gasteiger partial charge < -0.3 is 16.6 Å². The number of anilines is 1. The minimum atomic E-state index is -0.0772. The van der Waals surface area contributed by atoms with E-state index in [9.17, 15) is 5.11 Å². The first-order chi connectivity index (χ1) is 9.70. The number of aliphatic hydroxyl groups excluding tert-OH is 1. The highest BCUT2D eigenvalue weighted by Gasteiger charge is 2.47. The summed E-state index contributed by atoms with van der Waals surface area (Å²) in [7, 11) is 0. The molecular formula is C18H28N2O. The summed E-state index contributed by atoms with van der Waals surface area (Å²) in [6.07, 6.45) is 3.02. The van der Waals surface area contributed by atoms with Gasteiger partial charge in [0.2, 0.25) is 0 Å². The van der Waals surface area contributed by atoms with Gasteiger partial charge in [-0.15, -0.1) is 0 Å². The predicted octanol–water partition coefficient (Wildman–Crippen LogP) is 3.04. The number of aliphatic hydroxyl groups is 1. The molecule has 116 valence electrons. The zero-order valence-electron chi connectivity index (χ0n) is 13.6. The van der Waals surface area contributed by atoms with E-state index in [4.69, 9.17) is 11.5 Å². The molecule has 1 aromatic carbocycles. The van der Waals surface area contributed by atoms with Crippen LogP contribution in [0.25, 0.3) is 5.57 Å². The van der Waals surface area contributed by atoms with E-state index >= 15 is 0 Å². The molecule has 2 rings (SSSR count). The lowest BCUT2D eigenvalue weighted by atomic mass is 9.56. The Kier molecular flexibility index (Phi) is 4.18. The maximum absolute atomic E-state index is 9.49. The lowest BCUT2D eigenvalue weighted by Gasteiger charge is -2.51. The van der Waals surface area contributed by atoms with Gasteiger partial charge >= 0.3 is 0 Å². The molecule has 0 radical (unpaired) electrons. The average molecular weight is 288 g/mol. The van der Waals surface area contributed by atoms with Gasteiger partial charge in [-0.25, -0.2) is 0 Å². The Balaban J connectivity index is 2.55. The second-order valence-electron chi connectivity index (χ2n) is 7.41. The van der Waals surface area contributed by atoms with Crippen molar-refractivity contribution in [1.82, 2.24) is 0 Å². The van der Waals surface area contributed by atoms with Crippen molar-refractivity contribution in [2.45, 2.75) is 40.2 Å². The Morgan fingerprint density at radius 3 is 2.19 bits per heavy atom. The number of nitrogens with two attached hydrogens (primary N) is 2. The van der Waals surface area contributed by atoms with Crippen molar-refractivity contribution in [2.75, 3.05) is 12.3 Å². The van der Waals surface area contributed by atoms with Crippen LogP contribution in [0.15, 0.2) is 30.3 Å². The molecular weight excluding hydrogens is 260 g/mol. The lowest BCUT2D eigenvalue weighted by Crippen LogP contribution is -2.54. The molecule has 0 heterocycles. The zero-order chi connectivity index (χ0) is 15.8. The Morgan fingerprint density at radius 2 is 1.67 bits per heavy atom. The molecule has 2 unspecified atom stereocenters. The SMILES string of the molecule is CC1(C)C=C(c2ccc(N)cc2)C(CCO)C(C)(C)C1N. The van der Waals surface area contributed by atoms with Crippen molar-refractivity contribution in [1.29, 1.82) is 0 Å². The fourth-order valence-electron chi connectivity index (χ4n) is 3.78. The molecule has 0 aliphatic heterocycles. The van der Waals surface area contributed by atoms with Gasteiger partial charge in [0.15, 0.2) is 0 Å². The molecule has 2 atom stereocenters. The molecule has 0 saturated carbocycles. The summed E-state index contributed by atoms with van der Waals surface area (Å²) in [5.74, 6) is 0.245. The van der Waals surface area contributed by atoms with Gasteiger partial charge in [-0.3, -0.25) is 0 Å². The molecule has 1 aliphatic rings. The van der Waals surface area contributed by atoms with Crippen LogP contribution in [-0.4, -0.2) is 17.8 Å². The highest BCUT2D eigenvalue weighted by Crippen LogP contribution is 2.51. The summed E-state index contributed by atoms with van der Waals surface area (Å²) >= 11 is 0. The Labute approximate surface area is 128 Å². The van der Waals surface area contributed by atoms with E-state index in [1.807, 2.05) is 12.1 Å². The fourth-order valence-corrected chi connectivity index (χ4v) is 3.78. The van der Waals surface area contributed by atoms with Crippen LogP contribution in [0.2, 0.25) is 0 Å². The van der Waals surface area contributed by atoms with E-state index in [2.05, 4.69) is 45.9 Å². The van der Waals surface area contributed by atoms with E-state index in [1.165, 1.54) is 11.1 Å². The minimum absolute atomic E-state index is 0.0547. The number of nitrogen functional groups attached to an aromatic ring is 1. The molecule has 5 N–H and O–H groups in total. The normalized spacial score (nSPS) is 27.2. The van der Waals surface area contributed by atoms with Crippen molar-refractivity contribution >= 4 is 11.3 Å². The average Bonchev–Trinajstić information content (AvgIpc) is 2.41. The Bertz CT molecular complexity index is 529. The molecule has 21 heavy (non-hydrogen) atoms. The van der Waals surface area contributed by atoms with Crippen LogP contribution in [0.4, 0.5) is 5.69 Å². The van der Waals surface area contributed by atoms with Crippen molar-refractivity contribution in [2.24, 2.45) is 22.5 Å². The monoisotopic (exact) mass is 288 g/mol. The molecule has 0 fully saturated rings. The van der Waals surface area contributed by atoms with E-state index in [0.717, 1.165) is 12.1 Å². The highest BCUT2D eigenvalue weighted by molar-refractivity contribution is 5.71. The molecule has 1 aromatic rings. The largest absolute Gasteiger partial charge is 0.399 e. The number of allylic oxidation sites excluding steroid dienone is 1. The van der Waals surface area contributed by atoms with E-state index in [1.54, 1.807) is 0 Å². The summed E-state index contributed by atoms with van der Waals surface area (Å²) in [6.45, 7) is 8.97. The second kappa shape index (κ2) is 5.47.